The minimum absolute atomic E-state index is 0.0852. The van der Waals surface area contributed by atoms with E-state index in [1.165, 1.54) is 6.20 Å². The van der Waals surface area contributed by atoms with Crippen LogP contribution in [0.25, 0.3) is 0 Å². The molecule has 1 aliphatic heterocycles. The molecule has 0 aliphatic carbocycles. The van der Waals surface area contributed by atoms with Crippen LogP contribution in [0.3, 0.4) is 0 Å². The zero-order chi connectivity index (χ0) is 19.1. The Balaban J connectivity index is 2.10. The Morgan fingerprint density at radius 1 is 1.50 bits per heavy atom. The van der Waals surface area contributed by atoms with Gasteiger partial charge in [0, 0.05) is 12.5 Å². The molecule has 4 N–H and O–H groups in total. The summed E-state index contributed by atoms with van der Waals surface area (Å²) in [4.78, 5) is 20.5. The number of amides is 1. The molecular formula is C16H22ClN7O2. The Kier molecular flexibility index (Phi) is 4.66. The van der Waals surface area contributed by atoms with E-state index < -0.39 is 11.4 Å². The van der Waals surface area contributed by atoms with Crippen molar-refractivity contribution in [2.75, 3.05) is 17.2 Å². The van der Waals surface area contributed by atoms with Gasteiger partial charge in [-0.3, -0.25) is 4.79 Å². The van der Waals surface area contributed by atoms with E-state index >= 15 is 0 Å². The van der Waals surface area contributed by atoms with Crippen molar-refractivity contribution in [3.63, 3.8) is 0 Å². The Labute approximate surface area is 156 Å². The molecule has 1 atom stereocenters. The lowest BCUT2D eigenvalue weighted by Gasteiger charge is -2.22. The molecule has 3 rings (SSSR count). The number of nitrogens with two attached hydrogens (primary N) is 1. The zero-order valence-electron chi connectivity index (χ0n) is 15.1. The summed E-state index contributed by atoms with van der Waals surface area (Å²) in [6.45, 7) is 7.67. The molecule has 2 aromatic rings. The van der Waals surface area contributed by atoms with Gasteiger partial charge in [-0.2, -0.15) is 4.98 Å². The number of nitrogens with zero attached hydrogens (tertiary/aromatic N) is 4. The maximum absolute atomic E-state index is 11.9. The lowest BCUT2D eigenvalue weighted by Crippen LogP contribution is -2.42. The number of aromatic nitrogens is 4. The molecule has 1 amide bonds. The third kappa shape index (κ3) is 3.26. The number of carbonyl (C=O) groups is 1. The van der Waals surface area contributed by atoms with Crippen LogP contribution in [0.1, 0.15) is 32.9 Å². The van der Waals surface area contributed by atoms with E-state index in [0.717, 1.165) is 0 Å². The van der Waals surface area contributed by atoms with E-state index in [2.05, 4.69) is 25.7 Å². The van der Waals surface area contributed by atoms with Gasteiger partial charge in [0.15, 0.2) is 5.82 Å². The molecule has 0 spiro atoms. The van der Waals surface area contributed by atoms with Crippen LogP contribution < -0.4 is 21.1 Å². The molecule has 1 unspecified atom stereocenters. The van der Waals surface area contributed by atoms with Crippen LogP contribution in [0.4, 0.5) is 17.5 Å². The average Bonchev–Trinajstić information content (AvgIpc) is 2.86. The molecule has 9 nitrogen and oxygen atoms in total. The minimum Gasteiger partial charge on any atom is -0.475 e. The molecule has 10 heteroatoms. The topological polar surface area (TPSA) is 120 Å². The summed E-state index contributed by atoms with van der Waals surface area (Å²) in [6, 6.07) is 0.0852. The first-order valence-electron chi connectivity index (χ1n) is 8.29. The summed E-state index contributed by atoms with van der Waals surface area (Å²) in [6.07, 6.45) is 2.23. The van der Waals surface area contributed by atoms with Crippen molar-refractivity contribution in [1.29, 1.82) is 0 Å². The van der Waals surface area contributed by atoms with Crippen LogP contribution in [0.2, 0.25) is 5.02 Å². The van der Waals surface area contributed by atoms with Crippen molar-refractivity contribution in [2.45, 2.75) is 45.7 Å². The Morgan fingerprint density at radius 2 is 2.23 bits per heavy atom. The first-order valence-corrected chi connectivity index (χ1v) is 8.67. The molecular weight excluding hydrogens is 358 g/mol. The van der Waals surface area contributed by atoms with Crippen LogP contribution in [0.5, 0.6) is 5.88 Å². The van der Waals surface area contributed by atoms with E-state index in [-0.39, 0.29) is 6.04 Å². The number of hydrogen-bond acceptors (Lipinski definition) is 7. The monoisotopic (exact) mass is 379 g/mol. The van der Waals surface area contributed by atoms with Gasteiger partial charge in [0.25, 0.3) is 5.88 Å². The number of fused-ring (bicyclic) bond motifs is 3. The van der Waals surface area contributed by atoms with Crippen molar-refractivity contribution in [2.24, 2.45) is 5.73 Å². The van der Waals surface area contributed by atoms with E-state index in [0.29, 0.717) is 47.1 Å². The molecule has 26 heavy (non-hydrogen) atoms. The lowest BCUT2D eigenvalue weighted by molar-refractivity contribution is -0.125. The van der Waals surface area contributed by atoms with E-state index in [9.17, 15) is 4.79 Å². The molecule has 0 aromatic carbocycles. The number of anilines is 3. The number of halogens is 1. The van der Waals surface area contributed by atoms with Gasteiger partial charge in [-0.15, -0.1) is 5.10 Å². The van der Waals surface area contributed by atoms with Crippen molar-refractivity contribution in [3.05, 3.63) is 16.9 Å². The van der Waals surface area contributed by atoms with Gasteiger partial charge in [0.2, 0.25) is 11.9 Å². The van der Waals surface area contributed by atoms with Crippen LogP contribution in [0, 0.1) is 6.92 Å². The van der Waals surface area contributed by atoms with E-state index in [1.54, 1.807) is 18.5 Å². The van der Waals surface area contributed by atoms with Crippen molar-refractivity contribution < 1.29 is 9.53 Å². The lowest BCUT2D eigenvalue weighted by atomic mass is 10.1. The molecule has 2 aromatic heterocycles. The van der Waals surface area contributed by atoms with Gasteiger partial charge in [-0.25, -0.2) is 9.67 Å². The van der Waals surface area contributed by atoms with Gasteiger partial charge in [0.1, 0.15) is 16.2 Å². The van der Waals surface area contributed by atoms with Crippen LogP contribution >= 0.6 is 11.6 Å². The van der Waals surface area contributed by atoms with Gasteiger partial charge in [0.05, 0.1) is 18.5 Å². The number of primary amides is 1. The largest absolute Gasteiger partial charge is 0.475 e. The summed E-state index contributed by atoms with van der Waals surface area (Å²) in [7, 11) is 0. The number of hydrogen-bond donors (Lipinski definition) is 3. The molecule has 3 heterocycles. The van der Waals surface area contributed by atoms with Crippen molar-refractivity contribution in [3.8, 4) is 5.88 Å². The fraction of sp³-hybridized carbons (Fsp3) is 0.500. The fourth-order valence-electron chi connectivity index (χ4n) is 2.65. The second-order valence-corrected chi connectivity index (χ2v) is 7.21. The van der Waals surface area contributed by atoms with Gasteiger partial charge < -0.3 is 21.1 Å². The van der Waals surface area contributed by atoms with Crippen LogP contribution in [-0.2, 0) is 10.3 Å². The highest BCUT2D eigenvalue weighted by atomic mass is 35.5. The number of nitrogens with one attached hydrogen (secondary N) is 2. The molecule has 0 fully saturated rings. The summed E-state index contributed by atoms with van der Waals surface area (Å²) >= 11 is 6.17. The second-order valence-electron chi connectivity index (χ2n) is 6.80. The number of rotatable bonds is 2. The van der Waals surface area contributed by atoms with E-state index in [4.69, 9.17) is 22.1 Å². The summed E-state index contributed by atoms with van der Waals surface area (Å²) < 4.78 is 7.41. The standard InChI is InChI=1S/C16H22ClN7O2/c1-8-5-6-26-13-11(9(2)24(23-13)16(3,4)14(18)25)21-15-19-7-10(17)12(20-8)22-15/h7-8H,5-6H2,1-4H3,(H2,18,25)(H2,19,20,21,22). The number of ether oxygens (including phenoxy) is 1. The van der Waals surface area contributed by atoms with Crippen LogP contribution in [0.15, 0.2) is 6.20 Å². The Bertz CT molecular complexity index is 849. The summed E-state index contributed by atoms with van der Waals surface area (Å²) in [5.74, 6) is 0.759. The van der Waals surface area contributed by atoms with Crippen molar-refractivity contribution >= 4 is 35.0 Å². The number of carbonyl (C=O) groups excluding carboxylic acids is 1. The third-order valence-corrected chi connectivity index (χ3v) is 4.65. The van der Waals surface area contributed by atoms with Crippen LogP contribution in [-0.4, -0.2) is 38.3 Å². The average molecular weight is 380 g/mol. The fourth-order valence-corrected chi connectivity index (χ4v) is 2.79. The second kappa shape index (κ2) is 6.64. The molecule has 1 aliphatic rings. The van der Waals surface area contributed by atoms with Crippen molar-refractivity contribution in [1.82, 2.24) is 19.7 Å². The zero-order valence-corrected chi connectivity index (χ0v) is 15.9. The minimum atomic E-state index is -1.01. The quantitative estimate of drug-likeness (QED) is 0.731. The van der Waals surface area contributed by atoms with Gasteiger partial charge in [-0.1, -0.05) is 11.6 Å². The van der Waals surface area contributed by atoms with Gasteiger partial charge in [-0.05, 0) is 27.7 Å². The molecule has 0 radical (unpaired) electrons. The summed E-state index contributed by atoms with van der Waals surface area (Å²) in [5.41, 5.74) is 5.79. The molecule has 0 saturated carbocycles. The first-order chi connectivity index (χ1) is 12.2. The van der Waals surface area contributed by atoms with Gasteiger partial charge >= 0.3 is 0 Å². The summed E-state index contributed by atoms with van der Waals surface area (Å²) in [5, 5.41) is 11.3. The smallest absolute Gasteiger partial charge is 0.257 e. The highest BCUT2D eigenvalue weighted by Crippen LogP contribution is 2.34. The van der Waals surface area contributed by atoms with E-state index in [1.807, 2.05) is 13.8 Å². The highest BCUT2D eigenvalue weighted by Gasteiger charge is 2.33. The first kappa shape index (κ1) is 18.2. The normalized spacial score (nSPS) is 17.2. The maximum Gasteiger partial charge on any atom is 0.257 e. The maximum atomic E-state index is 11.9. The SMILES string of the molecule is Cc1c2c(nn1C(C)(C)C(N)=O)OCCC(C)Nc1nc(ncc1Cl)N2. The highest BCUT2D eigenvalue weighted by molar-refractivity contribution is 6.32. The Morgan fingerprint density at radius 3 is 2.92 bits per heavy atom. The molecule has 2 bridgehead atoms. The third-order valence-electron chi connectivity index (χ3n) is 4.37. The predicted octanol–water partition coefficient (Wildman–Crippen LogP) is 2.18. The molecule has 140 valence electrons. The predicted molar refractivity (Wildman–Crippen MR) is 99.0 cm³/mol. The molecule has 0 saturated heterocycles. The Hall–Kier alpha value is -2.55.